The summed E-state index contributed by atoms with van der Waals surface area (Å²) in [4.78, 5) is 10.3. The van der Waals surface area contributed by atoms with Crippen LogP contribution in [0.5, 0.6) is 0 Å². The van der Waals surface area contributed by atoms with E-state index < -0.39 is 0 Å². The highest BCUT2D eigenvalue weighted by molar-refractivity contribution is 6.22. The fraction of sp³-hybridized carbons (Fsp3) is 0. The van der Waals surface area contributed by atoms with Gasteiger partial charge in [-0.25, -0.2) is 9.97 Å². The first-order chi connectivity index (χ1) is 25.3. The smallest absolute Gasteiger partial charge is 0.160 e. The van der Waals surface area contributed by atoms with Gasteiger partial charge in [-0.2, -0.15) is 0 Å². The summed E-state index contributed by atoms with van der Waals surface area (Å²) in [5.74, 6) is 0.697. The van der Waals surface area contributed by atoms with Crippen LogP contribution in [0.2, 0.25) is 0 Å². The summed E-state index contributed by atoms with van der Waals surface area (Å²) in [6.45, 7) is 0. The average molecular weight is 651 g/mol. The van der Waals surface area contributed by atoms with E-state index in [1.54, 1.807) is 0 Å². The Balaban J connectivity index is 1.26. The third-order valence-electron chi connectivity index (χ3n) is 9.84. The van der Waals surface area contributed by atoms with Crippen molar-refractivity contribution in [1.29, 1.82) is 0 Å². The molecule has 2 aromatic heterocycles. The van der Waals surface area contributed by atoms with E-state index in [4.69, 9.17) is 14.4 Å². The molecular formula is C48H30N2O. The fourth-order valence-electron chi connectivity index (χ4n) is 7.36. The minimum absolute atomic E-state index is 0.697. The van der Waals surface area contributed by atoms with E-state index >= 15 is 0 Å². The van der Waals surface area contributed by atoms with Crippen molar-refractivity contribution >= 4 is 43.5 Å². The van der Waals surface area contributed by atoms with Crippen LogP contribution in [0.25, 0.3) is 99.6 Å². The lowest BCUT2D eigenvalue weighted by Crippen LogP contribution is -1.96. The lowest BCUT2D eigenvalue weighted by Gasteiger charge is -2.14. The zero-order valence-electron chi connectivity index (χ0n) is 27.6. The molecule has 10 rings (SSSR count). The first-order valence-electron chi connectivity index (χ1n) is 17.2. The molecule has 8 aromatic carbocycles. The molecule has 10 aromatic rings. The van der Waals surface area contributed by atoms with E-state index in [2.05, 4.69) is 158 Å². The van der Waals surface area contributed by atoms with Crippen LogP contribution in [0.1, 0.15) is 0 Å². The van der Waals surface area contributed by atoms with Crippen LogP contribution in [-0.2, 0) is 0 Å². The molecule has 0 aliphatic rings. The molecule has 238 valence electrons. The van der Waals surface area contributed by atoms with Gasteiger partial charge in [0.1, 0.15) is 11.2 Å². The molecule has 0 bridgehead atoms. The zero-order valence-corrected chi connectivity index (χ0v) is 27.6. The SMILES string of the molecule is c1ccc(-c2cc(-c3cc(-c4ccccc4)nc(-c4ccccc4)n3)cc(-c3cc4c5ccc6ccccc6c5oc4c4ccccc34)c2)cc1. The molecule has 0 radical (unpaired) electrons. The standard InChI is InChI=1S/C48H30N2O/c1-4-14-31(15-5-1)35-26-36(28-37(27-35)45-30-44(33-17-6-2-7-18-33)49-48(50-45)34-19-8-3-9-20-34)42-29-43-41-25-24-32-16-10-11-21-38(32)46(41)51-47(43)40-23-13-12-22-39(40)42/h1-30H. The van der Waals surface area contributed by atoms with Gasteiger partial charge in [0.2, 0.25) is 0 Å². The number of nitrogens with zero attached hydrogens (tertiary/aromatic N) is 2. The first-order valence-corrected chi connectivity index (χ1v) is 17.2. The molecule has 3 heteroatoms. The maximum atomic E-state index is 6.75. The monoisotopic (exact) mass is 650 g/mol. The van der Waals surface area contributed by atoms with Crippen molar-refractivity contribution in [3.8, 4) is 56.2 Å². The molecule has 0 aliphatic carbocycles. The molecule has 3 nitrogen and oxygen atoms in total. The van der Waals surface area contributed by atoms with Crippen molar-refractivity contribution in [3.05, 3.63) is 182 Å². The minimum Gasteiger partial charge on any atom is -0.455 e. The molecule has 0 aliphatic heterocycles. The van der Waals surface area contributed by atoms with Crippen LogP contribution in [0.15, 0.2) is 186 Å². The second kappa shape index (κ2) is 11.9. The summed E-state index contributed by atoms with van der Waals surface area (Å²) in [5, 5.41) is 6.75. The number of rotatable bonds is 5. The Morgan fingerprint density at radius 3 is 1.59 bits per heavy atom. The van der Waals surface area contributed by atoms with Gasteiger partial charge in [-0.15, -0.1) is 0 Å². The van der Waals surface area contributed by atoms with Crippen LogP contribution in [-0.4, -0.2) is 9.97 Å². The van der Waals surface area contributed by atoms with Crippen molar-refractivity contribution in [2.24, 2.45) is 0 Å². The number of benzene rings is 8. The van der Waals surface area contributed by atoms with Crippen LogP contribution in [0.4, 0.5) is 0 Å². The van der Waals surface area contributed by atoms with Gasteiger partial charge < -0.3 is 4.42 Å². The molecule has 0 saturated carbocycles. The molecule has 0 N–H and O–H groups in total. The van der Waals surface area contributed by atoms with E-state index in [1.807, 2.05) is 24.3 Å². The average Bonchev–Trinajstić information content (AvgIpc) is 3.61. The number of hydrogen-bond acceptors (Lipinski definition) is 3. The van der Waals surface area contributed by atoms with Gasteiger partial charge in [0.15, 0.2) is 5.82 Å². The summed E-state index contributed by atoms with van der Waals surface area (Å²) >= 11 is 0. The zero-order chi connectivity index (χ0) is 33.7. The normalized spacial score (nSPS) is 11.5. The molecule has 0 fully saturated rings. The van der Waals surface area contributed by atoms with Crippen molar-refractivity contribution in [2.75, 3.05) is 0 Å². The summed E-state index contributed by atoms with van der Waals surface area (Å²) in [5.41, 5.74) is 11.2. The lowest BCUT2D eigenvalue weighted by atomic mass is 9.91. The quantitative estimate of drug-likeness (QED) is 0.186. The fourth-order valence-corrected chi connectivity index (χ4v) is 7.36. The van der Waals surface area contributed by atoms with Gasteiger partial charge >= 0.3 is 0 Å². The highest BCUT2D eigenvalue weighted by atomic mass is 16.3. The third-order valence-corrected chi connectivity index (χ3v) is 9.84. The summed E-state index contributed by atoms with van der Waals surface area (Å²) in [6.07, 6.45) is 0. The van der Waals surface area contributed by atoms with E-state index in [1.165, 1.54) is 5.39 Å². The maximum absolute atomic E-state index is 6.75. The van der Waals surface area contributed by atoms with Crippen molar-refractivity contribution in [1.82, 2.24) is 9.97 Å². The molecule has 0 atom stereocenters. The highest BCUT2D eigenvalue weighted by Gasteiger charge is 2.18. The van der Waals surface area contributed by atoms with Gasteiger partial charge in [-0.3, -0.25) is 0 Å². The molecular weight excluding hydrogens is 621 g/mol. The van der Waals surface area contributed by atoms with Gasteiger partial charge in [0, 0.05) is 38.2 Å². The highest BCUT2D eigenvalue weighted by Crippen LogP contribution is 2.43. The van der Waals surface area contributed by atoms with Gasteiger partial charge in [-0.05, 0) is 69.4 Å². The maximum Gasteiger partial charge on any atom is 0.160 e. The third kappa shape index (κ3) is 5.06. The van der Waals surface area contributed by atoms with E-state index in [0.29, 0.717) is 5.82 Å². The molecule has 0 saturated heterocycles. The van der Waals surface area contributed by atoms with Gasteiger partial charge in [0.25, 0.3) is 0 Å². The van der Waals surface area contributed by atoms with E-state index in [0.717, 1.165) is 88.4 Å². The van der Waals surface area contributed by atoms with Crippen molar-refractivity contribution in [2.45, 2.75) is 0 Å². The molecule has 2 heterocycles. The summed E-state index contributed by atoms with van der Waals surface area (Å²) < 4.78 is 6.75. The van der Waals surface area contributed by atoms with Crippen LogP contribution >= 0.6 is 0 Å². The molecule has 0 spiro atoms. The Bertz CT molecular complexity index is 2840. The predicted octanol–water partition coefficient (Wildman–Crippen LogP) is 13.0. The van der Waals surface area contributed by atoms with Gasteiger partial charge in [0.05, 0.1) is 11.4 Å². The minimum atomic E-state index is 0.697. The Hall–Kier alpha value is -6.84. The summed E-state index contributed by atoms with van der Waals surface area (Å²) in [6, 6.07) is 63.9. The van der Waals surface area contributed by atoms with Gasteiger partial charge in [-0.1, -0.05) is 146 Å². The number of aromatic nitrogens is 2. The Morgan fingerprint density at radius 1 is 0.314 bits per heavy atom. The molecule has 0 amide bonds. The Morgan fingerprint density at radius 2 is 0.843 bits per heavy atom. The lowest BCUT2D eigenvalue weighted by molar-refractivity contribution is 0.676. The topological polar surface area (TPSA) is 38.9 Å². The Kier molecular flexibility index (Phi) is 6.81. The predicted molar refractivity (Wildman–Crippen MR) is 212 cm³/mol. The van der Waals surface area contributed by atoms with Crippen LogP contribution < -0.4 is 0 Å². The molecule has 0 unspecified atom stereocenters. The first kappa shape index (κ1) is 29.1. The number of hydrogen-bond donors (Lipinski definition) is 0. The summed E-state index contributed by atoms with van der Waals surface area (Å²) in [7, 11) is 0. The van der Waals surface area contributed by atoms with Crippen LogP contribution in [0, 0.1) is 0 Å². The Labute approximate surface area is 295 Å². The van der Waals surface area contributed by atoms with E-state index in [9.17, 15) is 0 Å². The molecule has 51 heavy (non-hydrogen) atoms. The second-order valence-electron chi connectivity index (χ2n) is 13.0. The van der Waals surface area contributed by atoms with Crippen LogP contribution in [0.3, 0.4) is 0 Å². The number of furan rings is 1. The van der Waals surface area contributed by atoms with Crippen molar-refractivity contribution in [3.63, 3.8) is 0 Å². The largest absolute Gasteiger partial charge is 0.455 e. The second-order valence-corrected chi connectivity index (χ2v) is 13.0. The van der Waals surface area contributed by atoms with E-state index in [-0.39, 0.29) is 0 Å². The van der Waals surface area contributed by atoms with Crippen molar-refractivity contribution < 1.29 is 4.42 Å². The number of fused-ring (bicyclic) bond motifs is 7.